The maximum atomic E-state index is 13.8. The molecular formula is C21H17FN2O3. The highest BCUT2D eigenvalue weighted by atomic mass is 19.1. The van der Waals surface area contributed by atoms with Crippen LogP contribution in [0.1, 0.15) is 24.0 Å². The van der Waals surface area contributed by atoms with Crippen LogP contribution in [-0.2, 0) is 20.9 Å². The van der Waals surface area contributed by atoms with Gasteiger partial charge in [0.25, 0.3) is 0 Å². The van der Waals surface area contributed by atoms with Crippen molar-refractivity contribution in [2.45, 2.75) is 19.4 Å². The van der Waals surface area contributed by atoms with Gasteiger partial charge in [-0.25, -0.2) is 9.18 Å². The Labute approximate surface area is 156 Å². The molecule has 0 fully saturated rings. The van der Waals surface area contributed by atoms with E-state index in [1.54, 1.807) is 13.0 Å². The average molecular weight is 364 g/mol. The van der Waals surface area contributed by atoms with Gasteiger partial charge >= 0.3 is 5.97 Å². The quantitative estimate of drug-likeness (QED) is 0.837. The lowest BCUT2D eigenvalue weighted by Gasteiger charge is -2.27. The molecule has 6 heteroatoms. The van der Waals surface area contributed by atoms with E-state index in [2.05, 4.69) is 0 Å². The van der Waals surface area contributed by atoms with E-state index in [0.717, 1.165) is 5.56 Å². The molecule has 0 saturated heterocycles. The summed E-state index contributed by atoms with van der Waals surface area (Å²) in [5.41, 5.74) is 7.23. The highest BCUT2D eigenvalue weighted by Gasteiger charge is 2.36. The molecule has 2 aromatic carbocycles. The number of hydrogen-bond acceptors (Lipinski definition) is 5. The van der Waals surface area contributed by atoms with Crippen molar-refractivity contribution in [1.82, 2.24) is 0 Å². The number of nitriles is 1. The zero-order valence-corrected chi connectivity index (χ0v) is 14.6. The lowest BCUT2D eigenvalue weighted by molar-refractivity contribution is -0.140. The molecule has 0 spiro atoms. The molecule has 0 aromatic heterocycles. The Hall–Kier alpha value is -3.59. The van der Waals surface area contributed by atoms with E-state index in [0.29, 0.717) is 5.56 Å². The fourth-order valence-electron chi connectivity index (χ4n) is 2.97. The molecule has 0 amide bonds. The fraction of sp³-hybridized carbons (Fsp3) is 0.143. The Morgan fingerprint density at radius 1 is 1.26 bits per heavy atom. The molecule has 0 aliphatic carbocycles. The fourth-order valence-corrected chi connectivity index (χ4v) is 2.97. The van der Waals surface area contributed by atoms with Crippen LogP contribution in [0.5, 0.6) is 0 Å². The van der Waals surface area contributed by atoms with Crippen molar-refractivity contribution < 1.29 is 18.7 Å². The number of nitrogens with two attached hydrogens (primary N) is 1. The highest BCUT2D eigenvalue weighted by Crippen LogP contribution is 2.39. The van der Waals surface area contributed by atoms with E-state index < -0.39 is 17.7 Å². The molecule has 0 unspecified atom stereocenters. The van der Waals surface area contributed by atoms with Gasteiger partial charge in [-0.1, -0.05) is 42.5 Å². The van der Waals surface area contributed by atoms with Crippen molar-refractivity contribution in [3.05, 3.63) is 94.3 Å². The molecule has 2 N–H and O–H groups in total. The molecule has 3 rings (SSSR count). The second kappa shape index (κ2) is 7.75. The molecular weight excluding hydrogens is 347 g/mol. The topological polar surface area (TPSA) is 85.3 Å². The van der Waals surface area contributed by atoms with Crippen LogP contribution in [0, 0.1) is 17.1 Å². The summed E-state index contributed by atoms with van der Waals surface area (Å²) >= 11 is 0. The van der Waals surface area contributed by atoms with Crippen molar-refractivity contribution in [3.63, 3.8) is 0 Å². The Balaban J connectivity index is 1.96. The Morgan fingerprint density at radius 2 is 2.00 bits per heavy atom. The largest absolute Gasteiger partial charge is 0.457 e. The predicted octanol–water partition coefficient (Wildman–Crippen LogP) is 3.65. The predicted molar refractivity (Wildman–Crippen MR) is 96.0 cm³/mol. The normalized spacial score (nSPS) is 16.6. The number of halogens is 1. The van der Waals surface area contributed by atoms with Crippen LogP contribution < -0.4 is 5.73 Å². The highest BCUT2D eigenvalue weighted by molar-refractivity contribution is 5.92. The smallest absolute Gasteiger partial charge is 0.338 e. The molecule has 27 heavy (non-hydrogen) atoms. The number of rotatable bonds is 4. The second-order valence-electron chi connectivity index (χ2n) is 6.01. The first-order valence-corrected chi connectivity index (χ1v) is 8.26. The first kappa shape index (κ1) is 18.2. The van der Waals surface area contributed by atoms with Crippen LogP contribution in [0.15, 0.2) is 77.4 Å². The molecule has 1 aliphatic rings. The molecule has 2 aromatic rings. The van der Waals surface area contributed by atoms with Gasteiger partial charge in [0.1, 0.15) is 29.8 Å². The lowest BCUT2D eigenvalue weighted by atomic mass is 9.83. The summed E-state index contributed by atoms with van der Waals surface area (Å²) in [5, 5.41) is 9.52. The summed E-state index contributed by atoms with van der Waals surface area (Å²) in [6.45, 7) is 1.62. The van der Waals surface area contributed by atoms with Crippen molar-refractivity contribution >= 4 is 5.97 Å². The summed E-state index contributed by atoms with van der Waals surface area (Å²) in [4.78, 5) is 12.8. The van der Waals surface area contributed by atoms with E-state index in [1.165, 1.54) is 18.2 Å². The van der Waals surface area contributed by atoms with Crippen LogP contribution in [0.4, 0.5) is 4.39 Å². The van der Waals surface area contributed by atoms with Gasteiger partial charge in [0.15, 0.2) is 0 Å². The molecule has 1 aliphatic heterocycles. The first-order chi connectivity index (χ1) is 13.0. The van der Waals surface area contributed by atoms with E-state index in [4.69, 9.17) is 15.2 Å². The second-order valence-corrected chi connectivity index (χ2v) is 6.01. The minimum Gasteiger partial charge on any atom is -0.457 e. The number of ether oxygens (including phenoxy) is 2. The number of carbonyl (C=O) groups is 1. The van der Waals surface area contributed by atoms with Gasteiger partial charge in [0.05, 0.1) is 11.5 Å². The van der Waals surface area contributed by atoms with Gasteiger partial charge in [-0.3, -0.25) is 0 Å². The summed E-state index contributed by atoms with van der Waals surface area (Å²) in [7, 11) is 0. The van der Waals surface area contributed by atoms with Crippen molar-refractivity contribution in [3.8, 4) is 6.07 Å². The maximum absolute atomic E-state index is 13.8. The molecule has 5 nitrogen and oxygen atoms in total. The van der Waals surface area contributed by atoms with Crippen LogP contribution in [0.25, 0.3) is 0 Å². The van der Waals surface area contributed by atoms with E-state index in [1.807, 2.05) is 36.4 Å². The number of allylic oxidation sites excluding steroid dienone is 2. The molecule has 136 valence electrons. The van der Waals surface area contributed by atoms with Crippen molar-refractivity contribution in [2.75, 3.05) is 0 Å². The van der Waals surface area contributed by atoms with Crippen molar-refractivity contribution in [2.24, 2.45) is 5.73 Å². The summed E-state index contributed by atoms with van der Waals surface area (Å²) in [6, 6.07) is 16.8. The molecule has 0 radical (unpaired) electrons. The third-order valence-corrected chi connectivity index (χ3v) is 4.22. The zero-order chi connectivity index (χ0) is 19.4. The van der Waals surface area contributed by atoms with Crippen LogP contribution in [0.3, 0.4) is 0 Å². The number of esters is 1. The van der Waals surface area contributed by atoms with Crippen LogP contribution in [0.2, 0.25) is 0 Å². The molecule has 1 heterocycles. The third-order valence-electron chi connectivity index (χ3n) is 4.22. The van der Waals surface area contributed by atoms with Gasteiger partial charge in [0.2, 0.25) is 5.88 Å². The molecule has 0 saturated carbocycles. The summed E-state index contributed by atoms with van der Waals surface area (Å²) < 4.78 is 24.5. The Kier molecular flexibility index (Phi) is 5.23. The number of carbonyl (C=O) groups excluding carboxylic acids is 1. The summed E-state index contributed by atoms with van der Waals surface area (Å²) in [5.74, 6) is -1.87. The monoisotopic (exact) mass is 364 g/mol. The summed E-state index contributed by atoms with van der Waals surface area (Å²) in [6.07, 6.45) is 0. The Bertz CT molecular complexity index is 974. The minimum absolute atomic E-state index is 0.0397. The zero-order valence-electron chi connectivity index (χ0n) is 14.6. The number of benzene rings is 2. The standard InChI is InChI=1S/C21H17FN2O3/c1-13-18(21(25)26-12-14-6-3-2-4-7-14)19(17(11-23)20(24)27-13)15-8-5-9-16(22)10-15/h2-10,19H,12,24H2,1H3/t19-/m1/s1. The molecule has 0 bridgehead atoms. The Morgan fingerprint density at radius 3 is 2.67 bits per heavy atom. The van der Waals surface area contributed by atoms with Crippen LogP contribution >= 0.6 is 0 Å². The minimum atomic E-state index is -0.859. The average Bonchev–Trinajstić information content (AvgIpc) is 2.66. The van der Waals surface area contributed by atoms with Gasteiger partial charge in [-0.15, -0.1) is 0 Å². The van der Waals surface area contributed by atoms with Crippen LogP contribution in [-0.4, -0.2) is 5.97 Å². The van der Waals surface area contributed by atoms with E-state index in [9.17, 15) is 14.4 Å². The van der Waals surface area contributed by atoms with E-state index in [-0.39, 0.29) is 29.4 Å². The number of hydrogen-bond donors (Lipinski definition) is 1. The molecule has 1 atom stereocenters. The van der Waals surface area contributed by atoms with E-state index >= 15 is 0 Å². The van der Waals surface area contributed by atoms with Gasteiger partial charge in [0, 0.05) is 0 Å². The lowest BCUT2D eigenvalue weighted by Crippen LogP contribution is -2.25. The van der Waals surface area contributed by atoms with Gasteiger partial charge in [-0.05, 0) is 30.2 Å². The first-order valence-electron chi connectivity index (χ1n) is 8.26. The third kappa shape index (κ3) is 3.82. The van der Waals surface area contributed by atoms with Gasteiger partial charge < -0.3 is 15.2 Å². The van der Waals surface area contributed by atoms with Crippen molar-refractivity contribution in [1.29, 1.82) is 5.26 Å². The van der Waals surface area contributed by atoms with Gasteiger partial charge in [-0.2, -0.15) is 5.26 Å². The number of nitrogens with zero attached hydrogens (tertiary/aromatic N) is 1. The SMILES string of the molecule is CC1=C(C(=O)OCc2ccccc2)[C@H](c2cccc(F)c2)C(C#N)=C(N)O1. The maximum Gasteiger partial charge on any atom is 0.338 e.